The molecule has 0 saturated carbocycles. The van der Waals surface area contributed by atoms with Gasteiger partial charge in [0.1, 0.15) is 17.3 Å². The third kappa shape index (κ3) is 7.42. The van der Waals surface area contributed by atoms with E-state index in [9.17, 15) is 0 Å². The zero-order valence-corrected chi connectivity index (χ0v) is 47.3. The molecule has 0 saturated heterocycles. The maximum Gasteiger partial charge on any atom is 0.137 e. The Balaban J connectivity index is 1.17. The molecule has 0 bridgehead atoms. The van der Waals surface area contributed by atoms with Gasteiger partial charge in [-0.05, 0) is 130 Å². The van der Waals surface area contributed by atoms with E-state index in [4.69, 9.17) is 9.72 Å². The Kier molecular flexibility index (Phi) is 10.5. The Morgan fingerprint density at radius 2 is 1.09 bits per heavy atom. The lowest BCUT2D eigenvalue weighted by Gasteiger charge is -2.46. The Hall–Kier alpha value is -7.11. The molecule has 0 unspecified atom stereocenters. The number of rotatable bonds is 4. The van der Waals surface area contributed by atoms with Crippen LogP contribution in [0, 0.1) is 0 Å². The highest BCUT2D eigenvalue weighted by Crippen LogP contribution is 2.68. The quantitative estimate of drug-likeness (QED) is 0.176. The molecule has 5 nitrogen and oxygen atoms in total. The average molecular weight is 987 g/mol. The van der Waals surface area contributed by atoms with Gasteiger partial charge in [0.15, 0.2) is 0 Å². The van der Waals surface area contributed by atoms with Gasteiger partial charge in [0.05, 0.1) is 40.2 Å². The summed E-state index contributed by atoms with van der Waals surface area (Å²) in [5, 5.41) is 2.33. The van der Waals surface area contributed by atoms with Crippen molar-refractivity contribution in [2.45, 2.75) is 136 Å². The van der Waals surface area contributed by atoms with E-state index in [-0.39, 0.29) is 27.1 Å². The van der Waals surface area contributed by atoms with E-state index < -0.39 is 5.41 Å². The fourth-order valence-corrected chi connectivity index (χ4v) is 12.8. The van der Waals surface area contributed by atoms with Crippen molar-refractivity contribution in [1.82, 2.24) is 9.55 Å². The third-order valence-electron chi connectivity index (χ3n) is 16.7. The highest BCUT2D eigenvalue weighted by atomic mass is 16.5. The highest BCUT2D eigenvalue weighted by molar-refractivity contribution is 6.11. The molecule has 9 aromatic rings. The van der Waals surface area contributed by atoms with Crippen molar-refractivity contribution in [2.75, 3.05) is 23.5 Å². The van der Waals surface area contributed by atoms with Gasteiger partial charge in [-0.15, -0.1) is 0 Å². The number of aromatic nitrogens is 2. The zero-order valence-electron chi connectivity index (χ0n) is 47.3. The Morgan fingerprint density at radius 3 is 1.68 bits per heavy atom. The van der Waals surface area contributed by atoms with Crippen molar-refractivity contribution in [2.24, 2.45) is 0 Å². The summed E-state index contributed by atoms with van der Waals surface area (Å²) in [5.74, 6) is 2.46. The molecule has 4 heterocycles. The SMILES string of the molecule is CN1CN2c3cc(Oc4cc5c(cc4-c4ccc(C(C)(C)C)cc4)c4ccccc4n5-c4ccccn4)ccc3C3(c4cccc1c42)c1c(cc(C(C)(C)C)cc1C(C)(C)C)-c1cc(C(C)(C)C)cc(C(C)(C)C)c13. The number of ether oxygens (including phenoxy) is 1. The van der Waals surface area contributed by atoms with Crippen LogP contribution in [0.5, 0.6) is 11.5 Å². The smallest absolute Gasteiger partial charge is 0.137 e. The van der Waals surface area contributed by atoms with Gasteiger partial charge in [-0.1, -0.05) is 195 Å². The van der Waals surface area contributed by atoms with Gasteiger partial charge in [-0.3, -0.25) is 4.57 Å². The lowest BCUT2D eigenvalue weighted by Crippen LogP contribution is -2.40. The van der Waals surface area contributed by atoms with Gasteiger partial charge in [-0.2, -0.15) is 0 Å². The van der Waals surface area contributed by atoms with Crippen molar-refractivity contribution in [3.63, 3.8) is 0 Å². The molecule has 2 aromatic heterocycles. The highest BCUT2D eigenvalue weighted by Gasteiger charge is 2.57. The van der Waals surface area contributed by atoms with Crippen LogP contribution in [0.4, 0.5) is 17.1 Å². The van der Waals surface area contributed by atoms with E-state index in [0.29, 0.717) is 0 Å². The first-order chi connectivity index (χ1) is 35.3. The lowest BCUT2D eigenvalue weighted by atomic mass is 9.59. The number of pyridine rings is 1. The third-order valence-corrected chi connectivity index (χ3v) is 16.7. The van der Waals surface area contributed by atoms with Crippen molar-refractivity contribution >= 4 is 38.9 Å². The van der Waals surface area contributed by atoms with Crippen LogP contribution in [0.3, 0.4) is 0 Å². The summed E-state index contributed by atoms with van der Waals surface area (Å²) in [6.07, 6.45) is 1.88. The Bertz CT molecular complexity index is 3720. The van der Waals surface area contributed by atoms with E-state index in [0.717, 1.165) is 51.5 Å². The van der Waals surface area contributed by atoms with Gasteiger partial charge in [0.25, 0.3) is 0 Å². The topological polar surface area (TPSA) is 33.5 Å². The van der Waals surface area contributed by atoms with Crippen LogP contribution in [-0.4, -0.2) is 23.3 Å². The molecule has 380 valence electrons. The van der Waals surface area contributed by atoms with Gasteiger partial charge >= 0.3 is 0 Å². The standard InChI is InChI=1S/C70H74N4O/c1-65(2,3)43-29-27-42(28-30-43)48-39-49-47-22-17-18-24-56(47)74(61-26-19-20-33-71-61)58(49)40-60(48)75-46-31-32-52-59(38-46)73-41-72(16)57-25-21-23-53(64(57)73)70(52)62-50(34-44(66(4,5)6)36-54(62)68(10,11)12)51-35-45(67(7,8)9)37-55(63(51)70)69(13,14)15/h17-40H,41H2,1-16H3. The normalized spacial score (nSPS) is 14.9. The zero-order chi connectivity index (χ0) is 53.1. The fraction of sp³-hybridized carbons (Fsp3) is 0.329. The van der Waals surface area contributed by atoms with Crippen LogP contribution in [0.2, 0.25) is 0 Å². The maximum absolute atomic E-state index is 7.53. The predicted molar refractivity (Wildman–Crippen MR) is 317 cm³/mol. The maximum atomic E-state index is 7.53. The predicted octanol–water partition coefficient (Wildman–Crippen LogP) is 18.3. The van der Waals surface area contributed by atoms with Gasteiger partial charge < -0.3 is 14.5 Å². The molecule has 1 spiro atoms. The fourth-order valence-electron chi connectivity index (χ4n) is 12.8. The molecule has 0 fully saturated rings. The first kappa shape index (κ1) is 48.8. The van der Waals surface area contributed by atoms with Crippen molar-refractivity contribution < 1.29 is 4.74 Å². The van der Waals surface area contributed by atoms with Crippen LogP contribution in [0.1, 0.15) is 154 Å². The largest absolute Gasteiger partial charge is 0.457 e. The number of nitrogens with zero attached hydrogens (tertiary/aromatic N) is 4. The number of fused-ring (bicyclic) bond motifs is 12. The van der Waals surface area contributed by atoms with Crippen LogP contribution >= 0.6 is 0 Å². The summed E-state index contributed by atoms with van der Waals surface area (Å²) in [6.45, 7) is 36.3. The summed E-state index contributed by atoms with van der Waals surface area (Å²) in [4.78, 5) is 9.90. The van der Waals surface area contributed by atoms with E-state index in [1.165, 1.54) is 83.6 Å². The molecule has 0 N–H and O–H groups in total. The Morgan fingerprint density at radius 1 is 0.480 bits per heavy atom. The molecule has 75 heavy (non-hydrogen) atoms. The lowest BCUT2D eigenvalue weighted by molar-refractivity contribution is 0.484. The second kappa shape index (κ2) is 16.2. The van der Waals surface area contributed by atoms with Gasteiger partial charge in [0, 0.05) is 41.7 Å². The van der Waals surface area contributed by atoms with E-state index in [1.807, 2.05) is 12.3 Å². The Labute approximate surface area is 446 Å². The molecule has 3 aliphatic rings. The number of anilines is 3. The van der Waals surface area contributed by atoms with Crippen molar-refractivity contribution in [1.29, 1.82) is 0 Å². The molecule has 7 aromatic carbocycles. The van der Waals surface area contributed by atoms with Crippen molar-refractivity contribution in [3.05, 3.63) is 196 Å². The summed E-state index contributed by atoms with van der Waals surface area (Å²) in [5.41, 5.74) is 21.9. The summed E-state index contributed by atoms with van der Waals surface area (Å²) in [6, 6.07) is 53.0. The molecule has 5 heteroatoms. The van der Waals surface area contributed by atoms with Crippen LogP contribution in [-0.2, 0) is 32.5 Å². The number of hydrogen-bond acceptors (Lipinski definition) is 4. The van der Waals surface area contributed by atoms with E-state index >= 15 is 0 Å². The summed E-state index contributed by atoms with van der Waals surface area (Å²) in [7, 11) is 2.25. The van der Waals surface area contributed by atoms with Crippen LogP contribution in [0.15, 0.2) is 146 Å². The summed E-state index contributed by atoms with van der Waals surface area (Å²) >= 11 is 0. The molecule has 1 aliphatic carbocycles. The first-order valence-corrected chi connectivity index (χ1v) is 27.2. The number of para-hydroxylation sites is 2. The molecule has 0 atom stereocenters. The van der Waals surface area contributed by atoms with Crippen LogP contribution in [0.25, 0.3) is 49.9 Å². The molecular formula is C70H74N4O. The van der Waals surface area contributed by atoms with E-state index in [2.05, 4.69) is 259 Å². The first-order valence-electron chi connectivity index (χ1n) is 27.2. The average Bonchev–Trinajstić information content (AvgIpc) is 3.97. The van der Waals surface area contributed by atoms with Crippen LogP contribution < -0.4 is 14.5 Å². The monoisotopic (exact) mass is 987 g/mol. The minimum absolute atomic E-state index is 0.0198. The minimum atomic E-state index is -0.647. The minimum Gasteiger partial charge on any atom is -0.457 e. The molecule has 0 amide bonds. The number of benzene rings is 7. The van der Waals surface area contributed by atoms with Crippen molar-refractivity contribution in [3.8, 4) is 39.6 Å². The molecular weight excluding hydrogens is 913 g/mol. The van der Waals surface area contributed by atoms with E-state index in [1.54, 1.807) is 0 Å². The summed E-state index contributed by atoms with van der Waals surface area (Å²) < 4.78 is 9.81. The van der Waals surface area contributed by atoms with Gasteiger partial charge in [-0.25, -0.2) is 4.98 Å². The second-order valence-electron chi connectivity index (χ2n) is 27.1. The second-order valence-corrected chi connectivity index (χ2v) is 27.1. The molecule has 2 aliphatic heterocycles. The molecule has 12 rings (SSSR count). The molecule has 0 radical (unpaired) electrons. The van der Waals surface area contributed by atoms with Gasteiger partial charge in [0.2, 0.25) is 0 Å². The number of hydrogen-bond donors (Lipinski definition) is 0.